The Kier molecular flexibility index (Phi) is 4.67. The van der Waals surface area contributed by atoms with Gasteiger partial charge in [-0.05, 0) is 30.7 Å². The molecule has 0 aliphatic rings. The minimum atomic E-state index is 0.0328. The zero-order valence-electron chi connectivity index (χ0n) is 11.0. The molecule has 0 aliphatic carbocycles. The second-order valence-electron chi connectivity index (χ2n) is 4.27. The van der Waals surface area contributed by atoms with Crippen molar-refractivity contribution in [3.8, 4) is 5.75 Å². The Morgan fingerprint density at radius 3 is 2.68 bits per heavy atom. The molecule has 0 aliphatic heterocycles. The monoisotopic (exact) mass is 255 g/mol. The van der Waals surface area contributed by atoms with Crippen LogP contribution in [0.4, 0.5) is 0 Å². The normalized spacial score (nSPS) is 10.2. The summed E-state index contributed by atoms with van der Waals surface area (Å²) in [7, 11) is 0. The number of hydrogen-bond acceptors (Lipinski definition) is 3. The van der Waals surface area contributed by atoms with E-state index in [9.17, 15) is 4.79 Å². The number of pyridine rings is 1. The average molecular weight is 255 g/mol. The van der Waals surface area contributed by atoms with Crippen LogP contribution in [0.2, 0.25) is 0 Å². The Labute approximate surface area is 113 Å². The number of aromatic nitrogens is 1. The molecule has 0 saturated heterocycles. The van der Waals surface area contributed by atoms with Gasteiger partial charge in [-0.25, -0.2) is 0 Å². The third-order valence-corrected chi connectivity index (χ3v) is 2.72. The van der Waals surface area contributed by atoms with Gasteiger partial charge in [-0.2, -0.15) is 0 Å². The first kappa shape index (κ1) is 13.3. The summed E-state index contributed by atoms with van der Waals surface area (Å²) in [6.45, 7) is 2.66. The lowest BCUT2D eigenvalue weighted by molar-refractivity contribution is 0.0988. The lowest BCUT2D eigenvalue weighted by atomic mass is 10.1. The van der Waals surface area contributed by atoms with Crippen LogP contribution < -0.4 is 4.74 Å². The number of Topliss-reactive ketones (excluding diaryl/α,β-unsaturated/α-hetero) is 1. The van der Waals surface area contributed by atoms with Gasteiger partial charge in [-0.3, -0.25) is 9.78 Å². The van der Waals surface area contributed by atoms with E-state index in [0.717, 1.165) is 12.1 Å². The number of para-hydroxylation sites is 1. The number of carbonyl (C=O) groups is 1. The van der Waals surface area contributed by atoms with E-state index in [1.54, 1.807) is 12.3 Å². The number of carbonyl (C=O) groups excluding carboxylic acids is 1. The molecule has 0 atom stereocenters. The molecule has 0 unspecified atom stereocenters. The maximum Gasteiger partial charge on any atom is 0.172 e. The van der Waals surface area contributed by atoms with E-state index >= 15 is 0 Å². The quantitative estimate of drug-likeness (QED) is 0.743. The van der Waals surface area contributed by atoms with Crippen molar-refractivity contribution in [3.05, 3.63) is 59.9 Å². The van der Waals surface area contributed by atoms with Gasteiger partial charge >= 0.3 is 0 Å². The molecule has 2 rings (SSSR count). The summed E-state index contributed by atoms with van der Waals surface area (Å²) in [6, 6.07) is 12.9. The number of hydrogen-bond donors (Lipinski definition) is 0. The fourth-order valence-electron chi connectivity index (χ4n) is 1.80. The molecular formula is C16H17NO2. The molecule has 0 spiro atoms. The fraction of sp³-hybridized carbons (Fsp3) is 0.250. The number of ether oxygens (including phenoxy) is 1. The molecule has 0 fully saturated rings. The van der Waals surface area contributed by atoms with Crippen molar-refractivity contribution in [2.45, 2.75) is 19.8 Å². The molecule has 2 aromatic rings. The second kappa shape index (κ2) is 6.69. The van der Waals surface area contributed by atoms with Crippen LogP contribution in [0.5, 0.6) is 5.75 Å². The van der Waals surface area contributed by atoms with E-state index < -0.39 is 0 Å². The summed E-state index contributed by atoms with van der Waals surface area (Å²) in [4.78, 5) is 16.5. The Balaban J connectivity index is 2.14. The van der Waals surface area contributed by atoms with Gasteiger partial charge in [0.15, 0.2) is 5.78 Å². The van der Waals surface area contributed by atoms with Crippen LogP contribution in [0.3, 0.4) is 0 Å². The summed E-state index contributed by atoms with van der Waals surface area (Å²) in [5.41, 5.74) is 1.40. The summed E-state index contributed by atoms with van der Waals surface area (Å²) in [5, 5.41) is 0. The topological polar surface area (TPSA) is 39.2 Å². The first-order valence-electron chi connectivity index (χ1n) is 6.46. The highest BCUT2D eigenvalue weighted by Gasteiger charge is 2.12. The van der Waals surface area contributed by atoms with Gasteiger partial charge in [0, 0.05) is 11.9 Å². The SMILES string of the molecule is CCCOc1ccccc1C(=O)Cc1ccccn1. The summed E-state index contributed by atoms with van der Waals surface area (Å²) < 4.78 is 5.60. The first-order chi connectivity index (χ1) is 9.31. The zero-order chi connectivity index (χ0) is 13.5. The fourth-order valence-corrected chi connectivity index (χ4v) is 1.80. The average Bonchev–Trinajstić information content (AvgIpc) is 2.46. The van der Waals surface area contributed by atoms with Crippen LogP contribution in [0.25, 0.3) is 0 Å². The Morgan fingerprint density at radius 2 is 1.95 bits per heavy atom. The maximum atomic E-state index is 12.3. The van der Waals surface area contributed by atoms with E-state index in [1.807, 2.05) is 43.3 Å². The maximum absolute atomic E-state index is 12.3. The number of benzene rings is 1. The van der Waals surface area contributed by atoms with Gasteiger partial charge in [0.25, 0.3) is 0 Å². The van der Waals surface area contributed by atoms with Crippen molar-refractivity contribution in [1.29, 1.82) is 0 Å². The molecular weight excluding hydrogens is 238 g/mol. The lowest BCUT2D eigenvalue weighted by Crippen LogP contribution is -2.08. The molecule has 1 heterocycles. The molecule has 0 N–H and O–H groups in total. The van der Waals surface area contributed by atoms with Crippen molar-refractivity contribution in [3.63, 3.8) is 0 Å². The Hall–Kier alpha value is -2.16. The minimum Gasteiger partial charge on any atom is -0.493 e. The molecule has 0 amide bonds. The van der Waals surface area contributed by atoms with Crippen molar-refractivity contribution in [1.82, 2.24) is 4.98 Å². The standard InChI is InChI=1S/C16H17NO2/c1-2-11-19-16-9-4-3-8-14(16)15(18)12-13-7-5-6-10-17-13/h3-10H,2,11-12H2,1H3. The van der Waals surface area contributed by atoms with Crippen LogP contribution in [0, 0.1) is 0 Å². The summed E-state index contributed by atoms with van der Waals surface area (Å²) in [5.74, 6) is 0.690. The predicted molar refractivity (Wildman–Crippen MR) is 74.5 cm³/mol. The van der Waals surface area contributed by atoms with E-state index in [4.69, 9.17) is 4.74 Å². The molecule has 98 valence electrons. The molecule has 1 aromatic heterocycles. The molecule has 0 radical (unpaired) electrons. The highest BCUT2D eigenvalue weighted by Crippen LogP contribution is 2.20. The van der Waals surface area contributed by atoms with Crippen LogP contribution in [-0.2, 0) is 6.42 Å². The van der Waals surface area contributed by atoms with Gasteiger partial charge < -0.3 is 4.74 Å². The molecule has 19 heavy (non-hydrogen) atoms. The van der Waals surface area contributed by atoms with Crippen LogP contribution in [0.1, 0.15) is 29.4 Å². The molecule has 3 nitrogen and oxygen atoms in total. The first-order valence-corrected chi connectivity index (χ1v) is 6.46. The Morgan fingerprint density at radius 1 is 1.16 bits per heavy atom. The highest BCUT2D eigenvalue weighted by molar-refractivity contribution is 5.99. The van der Waals surface area contributed by atoms with E-state index in [2.05, 4.69) is 4.98 Å². The largest absolute Gasteiger partial charge is 0.493 e. The number of ketones is 1. The smallest absolute Gasteiger partial charge is 0.172 e. The number of rotatable bonds is 6. The molecule has 3 heteroatoms. The van der Waals surface area contributed by atoms with Crippen molar-refractivity contribution in [2.24, 2.45) is 0 Å². The third-order valence-electron chi connectivity index (χ3n) is 2.72. The van der Waals surface area contributed by atoms with Crippen molar-refractivity contribution in [2.75, 3.05) is 6.61 Å². The Bertz CT molecular complexity index is 537. The van der Waals surface area contributed by atoms with E-state index in [0.29, 0.717) is 24.3 Å². The molecule has 1 aromatic carbocycles. The van der Waals surface area contributed by atoms with Crippen molar-refractivity contribution < 1.29 is 9.53 Å². The van der Waals surface area contributed by atoms with Crippen molar-refractivity contribution >= 4 is 5.78 Å². The van der Waals surface area contributed by atoms with Crippen LogP contribution >= 0.6 is 0 Å². The third kappa shape index (κ3) is 3.65. The highest BCUT2D eigenvalue weighted by atomic mass is 16.5. The van der Waals surface area contributed by atoms with Gasteiger partial charge in [0.2, 0.25) is 0 Å². The predicted octanol–water partition coefficient (Wildman–Crippen LogP) is 3.30. The summed E-state index contributed by atoms with van der Waals surface area (Å²) >= 11 is 0. The van der Waals surface area contributed by atoms with Gasteiger partial charge in [0.05, 0.1) is 18.6 Å². The minimum absolute atomic E-state index is 0.0328. The second-order valence-corrected chi connectivity index (χ2v) is 4.27. The van der Waals surface area contributed by atoms with Crippen LogP contribution in [0.15, 0.2) is 48.7 Å². The zero-order valence-corrected chi connectivity index (χ0v) is 11.0. The molecule has 0 bridgehead atoms. The van der Waals surface area contributed by atoms with Gasteiger partial charge in [0.1, 0.15) is 5.75 Å². The van der Waals surface area contributed by atoms with Gasteiger partial charge in [-0.15, -0.1) is 0 Å². The number of nitrogens with zero attached hydrogens (tertiary/aromatic N) is 1. The van der Waals surface area contributed by atoms with E-state index in [1.165, 1.54) is 0 Å². The van der Waals surface area contributed by atoms with E-state index in [-0.39, 0.29) is 5.78 Å². The van der Waals surface area contributed by atoms with Crippen LogP contribution in [-0.4, -0.2) is 17.4 Å². The molecule has 0 saturated carbocycles. The lowest BCUT2D eigenvalue weighted by Gasteiger charge is -2.09. The summed E-state index contributed by atoms with van der Waals surface area (Å²) in [6.07, 6.45) is 2.91. The van der Waals surface area contributed by atoms with Gasteiger partial charge in [-0.1, -0.05) is 25.1 Å².